The van der Waals surface area contributed by atoms with Gasteiger partial charge in [0.15, 0.2) is 24.5 Å². The van der Waals surface area contributed by atoms with E-state index in [1.54, 1.807) is 6.08 Å². The van der Waals surface area contributed by atoms with Crippen molar-refractivity contribution in [2.24, 2.45) is 0 Å². The number of carbonyl (C=O) groups excluding carboxylic acids is 2. The van der Waals surface area contributed by atoms with Crippen molar-refractivity contribution in [3.05, 3.63) is 59.4 Å². The van der Waals surface area contributed by atoms with E-state index < -0.39 is 5.82 Å². The third kappa shape index (κ3) is 2.74. The summed E-state index contributed by atoms with van der Waals surface area (Å²) in [5.74, 6) is -0.981. The van der Waals surface area contributed by atoms with Crippen molar-refractivity contribution < 1.29 is 18.7 Å². The third-order valence-corrected chi connectivity index (χ3v) is 3.25. The predicted octanol–water partition coefficient (Wildman–Crippen LogP) is 2.90. The molecule has 1 amide bonds. The average Bonchev–Trinajstić information content (AvgIpc) is 2.53. The van der Waals surface area contributed by atoms with Crippen LogP contribution in [0.2, 0.25) is 0 Å². The minimum absolute atomic E-state index is 0.00619. The lowest BCUT2D eigenvalue weighted by atomic mass is 10.0. The number of nitrogens with one attached hydrogen (secondary N) is 1. The summed E-state index contributed by atoms with van der Waals surface area (Å²) in [5, 5.41) is 2.54. The molecule has 0 spiro atoms. The van der Waals surface area contributed by atoms with E-state index in [1.165, 1.54) is 12.1 Å². The number of amides is 1. The topological polar surface area (TPSA) is 55.4 Å². The number of hydrogen-bond acceptors (Lipinski definition) is 3. The fourth-order valence-electron chi connectivity index (χ4n) is 2.24. The van der Waals surface area contributed by atoms with Crippen LogP contribution in [0.5, 0.6) is 5.75 Å². The van der Waals surface area contributed by atoms with Crippen LogP contribution >= 0.6 is 0 Å². The summed E-state index contributed by atoms with van der Waals surface area (Å²) >= 11 is 0. The van der Waals surface area contributed by atoms with Gasteiger partial charge in [-0.15, -0.1) is 0 Å². The van der Waals surface area contributed by atoms with E-state index in [0.717, 1.165) is 5.56 Å². The smallest absolute Gasteiger partial charge is 0.262 e. The molecule has 110 valence electrons. The molecule has 0 aromatic heterocycles. The first-order valence-corrected chi connectivity index (χ1v) is 6.66. The van der Waals surface area contributed by atoms with Crippen LogP contribution in [0.1, 0.15) is 11.1 Å². The Morgan fingerprint density at radius 3 is 2.73 bits per heavy atom. The number of benzene rings is 2. The lowest BCUT2D eigenvalue weighted by Gasteiger charge is -2.19. The number of aldehydes is 1. The van der Waals surface area contributed by atoms with Gasteiger partial charge in [0, 0.05) is 5.57 Å². The van der Waals surface area contributed by atoms with Gasteiger partial charge >= 0.3 is 0 Å². The second kappa shape index (κ2) is 5.81. The van der Waals surface area contributed by atoms with Gasteiger partial charge in [-0.1, -0.05) is 30.3 Å². The summed E-state index contributed by atoms with van der Waals surface area (Å²) in [7, 11) is 0. The Morgan fingerprint density at radius 1 is 1.23 bits per heavy atom. The number of carbonyl (C=O) groups is 2. The average molecular weight is 297 g/mol. The SMILES string of the molecule is O=C/C(=C\c1ccccc1)c1cc(F)c2c(c1)NC(=O)CO2. The first-order chi connectivity index (χ1) is 10.7. The normalized spacial score (nSPS) is 13.9. The summed E-state index contributed by atoms with van der Waals surface area (Å²) in [6, 6.07) is 12.0. The number of fused-ring (bicyclic) bond motifs is 1. The molecule has 0 saturated carbocycles. The Balaban J connectivity index is 2.05. The van der Waals surface area contributed by atoms with Gasteiger partial charge in [-0.25, -0.2) is 4.39 Å². The molecular formula is C17H12FNO3. The third-order valence-electron chi connectivity index (χ3n) is 3.25. The van der Waals surface area contributed by atoms with E-state index in [4.69, 9.17) is 4.74 Å². The van der Waals surface area contributed by atoms with Crippen LogP contribution in [0.3, 0.4) is 0 Å². The molecule has 22 heavy (non-hydrogen) atoms. The van der Waals surface area contributed by atoms with Gasteiger partial charge in [0.1, 0.15) is 0 Å². The standard InChI is InChI=1S/C17H12FNO3/c18-14-7-12(8-15-17(14)22-10-16(21)19-15)13(9-20)6-11-4-2-1-3-5-11/h1-9H,10H2,(H,19,21)/b13-6+. The second-order valence-corrected chi connectivity index (χ2v) is 4.80. The highest BCUT2D eigenvalue weighted by Gasteiger charge is 2.21. The van der Waals surface area contributed by atoms with Gasteiger partial charge in [-0.2, -0.15) is 0 Å². The van der Waals surface area contributed by atoms with Crippen molar-refractivity contribution in [3.8, 4) is 5.75 Å². The summed E-state index contributed by atoms with van der Waals surface area (Å²) in [4.78, 5) is 22.7. The largest absolute Gasteiger partial charge is 0.478 e. The van der Waals surface area contributed by atoms with Crippen molar-refractivity contribution in [2.75, 3.05) is 11.9 Å². The molecule has 5 heteroatoms. The molecule has 3 rings (SSSR count). The van der Waals surface area contributed by atoms with Crippen molar-refractivity contribution in [3.63, 3.8) is 0 Å². The predicted molar refractivity (Wildman–Crippen MR) is 80.9 cm³/mol. The minimum atomic E-state index is -0.617. The van der Waals surface area contributed by atoms with Gasteiger partial charge < -0.3 is 10.1 Å². The molecule has 4 nitrogen and oxygen atoms in total. The minimum Gasteiger partial charge on any atom is -0.478 e. The van der Waals surface area contributed by atoms with Crippen LogP contribution in [0, 0.1) is 5.82 Å². The first-order valence-electron chi connectivity index (χ1n) is 6.66. The maximum Gasteiger partial charge on any atom is 0.262 e. The molecule has 0 unspecified atom stereocenters. The highest BCUT2D eigenvalue weighted by atomic mass is 19.1. The zero-order chi connectivity index (χ0) is 15.5. The first kappa shape index (κ1) is 14.0. The Hall–Kier alpha value is -2.95. The molecule has 1 heterocycles. The molecule has 0 saturated heterocycles. The van der Waals surface area contributed by atoms with Crippen LogP contribution in [0.25, 0.3) is 11.6 Å². The van der Waals surface area contributed by atoms with Gasteiger partial charge in [0.25, 0.3) is 5.91 Å². The van der Waals surface area contributed by atoms with Crippen molar-refractivity contribution >= 4 is 29.5 Å². The number of rotatable bonds is 3. The Labute approximate surface area is 126 Å². The molecule has 0 aliphatic carbocycles. The fourth-order valence-corrected chi connectivity index (χ4v) is 2.24. The Kier molecular flexibility index (Phi) is 3.70. The monoisotopic (exact) mass is 297 g/mol. The number of hydrogen-bond donors (Lipinski definition) is 1. The molecule has 1 aliphatic heterocycles. The Morgan fingerprint density at radius 2 is 2.00 bits per heavy atom. The molecule has 0 bridgehead atoms. The molecule has 2 aromatic carbocycles. The van der Waals surface area contributed by atoms with Crippen LogP contribution in [-0.2, 0) is 9.59 Å². The highest BCUT2D eigenvalue weighted by Crippen LogP contribution is 2.34. The van der Waals surface area contributed by atoms with Gasteiger partial charge in [-0.05, 0) is 29.3 Å². The molecular weight excluding hydrogens is 285 g/mol. The van der Waals surface area contributed by atoms with Gasteiger partial charge in [0.2, 0.25) is 0 Å². The summed E-state index contributed by atoms with van der Waals surface area (Å²) < 4.78 is 19.1. The second-order valence-electron chi connectivity index (χ2n) is 4.80. The molecule has 0 radical (unpaired) electrons. The van der Waals surface area contributed by atoms with Crippen LogP contribution in [-0.4, -0.2) is 18.8 Å². The highest BCUT2D eigenvalue weighted by molar-refractivity contribution is 6.14. The van der Waals surface area contributed by atoms with Crippen molar-refractivity contribution in [1.82, 2.24) is 0 Å². The van der Waals surface area contributed by atoms with E-state index in [-0.39, 0.29) is 24.0 Å². The summed E-state index contributed by atoms with van der Waals surface area (Å²) in [5.41, 5.74) is 1.74. The molecule has 0 atom stereocenters. The molecule has 1 N–H and O–H groups in total. The quantitative estimate of drug-likeness (QED) is 0.538. The van der Waals surface area contributed by atoms with Crippen LogP contribution < -0.4 is 10.1 Å². The van der Waals surface area contributed by atoms with Crippen molar-refractivity contribution in [2.45, 2.75) is 0 Å². The lowest BCUT2D eigenvalue weighted by molar-refractivity contribution is -0.118. The number of anilines is 1. The zero-order valence-corrected chi connectivity index (χ0v) is 11.5. The van der Waals surface area contributed by atoms with E-state index in [9.17, 15) is 14.0 Å². The molecule has 2 aromatic rings. The number of ether oxygens (including phenoxy) is 1. The Bertz CT molecular complexity index is 769. The summed E-state index contributed by atoms with van der Waals surface area (Å²) in [6.07, 6.45) is 2.30. The maximum atomic E-state index is 14.1. The maximum absolute atomic E-state index is 14.1. The van der Waals surface area contributed by atoms with E-state index >= 15 is 0 Å². The van der Waals surface area contributed by atoms with Crippen molar-refractivity contribution in [1.29, 1.82) is 0 Å². The van der Waals surface area contributed by atoms with Crippen LogP contribution in [0.4, 0.5) is 10.1 Å². The van der Waals surface area contributed by atoms with E-state index in [2.05, 4.69) is 5.32 Å². The number of halogens is 1. The van der Waals surface area contributed by atoms with Gasteiger partial charge in [-0.3, -0.25) is 9.59 Å². The van der Waals surface area contributed by atoms with Crippen LogP contribution in [0.15, 0.2) is 42.5 Å². The lowest BCUT2D eigenvalue weighted by Crippen LogP contribution is -2.26. The van der Waals surface area contributed by atoms with E-state index in [0.29, 0.717) is 17.4 Å². The van der Waals surface area contributed by atoms with Gasteiger partial charge in [0.05, 0.1) is 5.69 Å². The molecule has 1 aliphatic rings. The van der Waals surface area contributed by atoms with E-state index in [1.807, 2.05) is 30.3 Å². The fraction of sp³-hybridized carbons (Fsp3) is 0.0588. The number of allylic oxidation sites excluding steroid dienone is 1. The zero-order valence-electron chi connectivity index (χ0n) is 11.5. The molecule has 0 fully saturated rings. The summed E-state index contributed by atoms with van der Waals surface area (Å²) in [6.45, 7) is -0.219.